The van der Waals surface area contributed by atoms with Gasteiger partial charge in [0.05, 0.1) is 19.8 Å². The summed E-state index contributed by atoms with van der Waals surface area (Å²) < 4.78 is 33.7. The van der Waals surface area contributed by atoms with E-state index in [1.807, 2.05) is 20.8 Å². The van der Waals surface area contributed by atoms with Crippen LogP contribution < -0.4 is 5.32 Å². The molecule has 2 saturated carbocycles. The van der Waals surface area contributed by atoms with Gasteiger partial charge in [0, 0.05) is 42.1 Å². The molecule has 2 amide bonds. The number of rotatable bonds is 8. The van der Waals surface area contributed by atoms with Crippen molar-refractivity contribution in [2.45, 2.75) is 89.2 Å². The van der Waals surface area contributed by atoms with Crippen LogP contribution in [0.3, 0.4) is 0 Å². The quantitative estimate of drug-likeness (QED) is 0.186. The molecule has 13 heteroatoms. The molecule has 2 aliphatic carbocycles. The number of nitrogens with one attached hydrogen (secondary N) is 1. The molecule has 0 spiro atoms. The van der Waals surface area contributed by atoms with Crippen LogP contribution in [0.25, 0.3) is 20.9 Å². The van der Waals surface area contributed by atoms with E-state index < -0.39 is 23.5 Å². The molecule has 1 aliphatic heterocycles. The summed E-state index contributed by atoms with van der Waals surface area (Å²) in [5, 5.41) is 13.7. The van der Waals surface area contributed by atoms with Gasteiger partial charge in [0.25, 0.3) is 5.91 Å². The van der Waals surface area contributed by atoms with Gasteiger partial charge in [-0.25, -0.2) is 28.3 Å². The van der Waals surface area contributed by atoms with E-state index in [0.717, 1.165) is 55.0 Å². The highest BCUT2D eigenvalue weighted by atomic mass is 32.1. The van der Waals surface area contributed by atoms with E-state index in [1.54, 1.807) is 41.3 Å². The summed E-state index contributed by atoms with van der Waals surface area (Å²) in [5.74, 6) is -1.31. The van der Waals surface area contributed by atoms with Gasteiger partial charge in [0.1, 0.15) is 22.9 Å². The van der Waals surface area contributed by atoms with Crippen molar-refractivity contribution in [1.82, 2.24) is 20.2 Å². The number of carboxylic acids is 1. The van der Waals surface area contributed by atoms with E-state index in [0.29, 0.717) is 51.5 Å². The first kappa shape index (κ1) is 35.6. The van der Waals surface area contributed by atoms with Crippen molar-refractivity contribution in [1.29, 1.82) is 0 Å². The van der Waals surface area contributed by atoms with Crippen molar-refractivity contribution in [2.75, 3.05) is 13.1 Å². The van der Waals surface area contributed by atoms with Crippen molar-refractivity contribution in [3.05, 3.63) is 81.6 Å². The third-order valence-corrected chi connectivity index (χ3v) is 11.1. The summed E-state index contributed by atoms with van der Waals surface area (Å²) >= 11 is 2.72. The van der Waals surface area contributed by atoms with Gasteiger partial charge >= 0.3 is 12.1 Å². The Balaban J connectivity index is 0.000000202. The predicted octanol–water partition coefficient (Wildman–Crippen LogP) is 8.87. The van der Waals surface area contributed by atoms with Crippen molar-refractivity contribution in [3.63, 3.8) is 0 Å². The number of thiazole rings is 2. The Kier molecular flexibility index (Phi) is 10.6. The first-order chi connectivity index (χ1) is 23.9. The number of ether oxygens (including phenoxy) is 1. The van der Waals surface area contributed by atoms with Gasteiger partial charge in [-0.15, -0.1) is 22.7 Å². The minimum atomic E-state index is -1.10. The lowest BCUT2D eigenvalue weighted by molar-refractivity contribution is 0.0461. The molecule has 1 saturated heterocycles. The first-order valence-corrected chi connectivity index (χ1v) is 18.5. The van der Waals surface area contributed by atoms with Gasteiger partial charge in [-0.1, -0.05) is 36.4 Å². The molecule has 50 heavy (non-hydrogen) atoms. The molecular formula is C37H40F2N4O5S2. The van der Waals surface area contributed by atoms with Crippen LogP contribution >= 0.6 is 22.7 Å². The maximum atomic E-state index is 14.6. The monoisotopic (exact) mass is 722 g/mol. The van der Waals surface area contributed by atoms with Crippen molar-refractivity contribution < 1.29 is 33.0 Å². The molecule has 3 aliphatic rings. The van der Waals surface area contributed by atoms with Gasteiger partial charge in [-0.05, 0) is 77.8 Å². The molecular weight excluding hydrogens is 683 g/mol. The zero-order valence-electron chi connectivity index (χ0n) is 28.2. The average Bonchev–Trinajstić information content (AvgIpc) is 4.02. The van der Waals surface area contributed by atoms with Crippen molar-refractivity contribution in [2.24, 2.45) is 0 Å². The molecule has 0 unspecified atom stereocenters. The van der Waals surface area contributed by atoms with Crippen LogP contribution in [0.4, 0.5) is 13.6 Å². The average molecular weight is 723 g/mol. The third-order valence-electron chi connectivity index (χ3n) is 8.55. The molecule has 4 aromatic rings. The number of aromatic carboxylic acids is 1. The fourth-order valence-electron chi connectivity index (χ4n) is 5.76. The Morgan fingerprint density at radius 1 is 0.840 bits per heavy atom. The number of hydrogen-bond donors (Lipinski definition) is 2. The molecule has 0 radical (unpaired) electrons. The lowest BCUT2D eigenvalue weighted by atomic mass is 10.0. The lowest BCUT2D eigenvalue weighted by Gasteiger charge is -2.35. The molecule has 2 aromatic heterocycles. The van der Waals surface area contributed by atoms with E-state index >= 15 is 0 Å². The Morgan fingerprint density at radius 2 is 1.36 bits per heavy atom. The second-order valence-corrected chi connectivity index (χ2v) is 15.9. The molecule has 9 nitrogen and oxygen atoms in total. The number of halogens is 2. The van der Waals surface area contributed by atoms with Crippen LogP contribution in [0.1, 0.15) is 109 Å². The van der Waals surface area contributed by atoms with Gasteiger partial charge < -0.3 is 20.1 Å². The number of piperidine rings is 1. The lowest BCUT2D eigenvalue weighted by Crippen LogP contribution is -2.50. The standard InChI is InChI=1S/C24H30FN3O3S.C13H10FNO2S/c1-24(2,3)31-23(30)26-14-16-8-6-7-13-28(16)22(29)19-20(17-9-4-5-10-18(17)25)32-21(27-19)15-11-12-15;14-9-4-2-1-3-8(9)11-10(13(16)17)15-12(18-11)7-5-6-7/h4-5,9-10,15-16H,6-8,11-14H2,1-3H3,(H,26,30);1-4,7H,5-6H2,(H,16,17)/t16-;/m0./s1. The van der Waals surface area contributed by atoms with Crippen LogP contribution in [0.15, 0.2) is 48.5 Å². The summed E-state index contributed by atoms with van der Waals surface area (Å²) in [4.78, 5) is 48.6. The van der Waals surface area contributed by atoms with Crippen molar-refractivity contribution >= 4 is 40.6 Å². The van der Waals surface area contributed by atoms with Crippen LogP contribution in [0, 0.1) is 11.6 Å². The molecule has 2 N–H and O–H groups in total. The number of likely N-dealkylation sites (tertiary alicyclic amines) is 1. The smallest absolute Gasteiger partial charge is 0.407 e. The fraction of sp³-hybridized carbons (Fsp3) is 0.432. The molecule has 0 bridgehead atoms. The number of benzene rings is 2. The maximum Gasteiger partial charge on any atom is 0.407 e. The molecule has 7 rings (SSSR count). The number of alkyl carbamates (subject to hydrolysis) is 1. The van der Waals surface area contributed by atoms with Gasteiger partial charge in [-0.2, -0.15) is 0 Å². The van der Waals surface area contributed by atoms with Gasteiger partial charge in [0.2, 0.25) is 0 Å². The fourth-order valence-corrected chi connectivity index (χ4v) is 8.27. The van der Waals surface area contributed by atoms with Crippen LogP contribution in [0.5, 0.6) is 0 Å². The maximum absolute atomic E-state index is 14.6. The molecule has 3 heterocycles. The second-order valence-electron chi connectivity index (χ2n) is 13.8. The van der Waals surface area contributed by atoms with E-state index in [2.05, 4.69) is 10.3 Å². The molecule has 264 valence electrons. The number of carbonyl (C=O) groups excluding carboxylic acids is 2. The minimum absolute atomic E-state index is 0.0352. The second kappa shape index (κ2) is 14.9. The van der Waals surface area contributed by atoms with E-state index in [1.165, 1.54) is 34.8 Å². The SMILES string of the molecule is CC(C)(C)OC(=O)NC[C@@H]1CCCCN1C(=O)c1nc(C2CC2)sc1-c1ccccc1F.O=C(O)c1nc(C2CC2)sc1-c1ccccc1F. The number of carbonyl (C=O) groups is 3. The summed E-state index contributed by atoms with van der Waals surface area (Å²) in [7, 11) is 0. The molecule has 2 aromatic carbocycles. The van der Waals surface area contributed by atoms with Crippen LogP contribution in [-0.4, -0.2) is 62.7 Å². The van der Waals surface area contributed by atoms with Gasteiger partial charge in [0.15, 0.2) is 5.69 Å². The third kappa shape index (κ3) is 8.55. The normalized spacial score (nSPS) is 17.5. The zero-order valence-corrected chi connectivity index (χ0v) is 29.8. The summed E-state index contributed by atoms with van der Waals surface area (Å²) in [6.45, 7) is 6.34. The highest BCUT2D eigenvalue weighted by molar-refractivity contribution is 7.16. The molecule has 3 fully saturated rings. The van der Waals surface area contributed by atoms with E-state index in [9.17, 15) is 23.2 Å². The largest absolute Gasteiger partial charge is 0.476 e. The molecule has 1 atom stereocenters. The number of nitrogens with zero attached hydrogens (tertiary/aromatic N) is 3. The number of amides is 2. The van der Waals surface area contributed by atoms with Gasteiger partial charge in [-0.3, -0.25) is 4.79 Å². The number of aromatic nitrogens is 2. The van der Waals surface area contributed by atoms with Crippen LogP contribution in [0.2, 0.25) is 0 Å². The topological polar surface area (TPSA) is 122 Å². The number of carboxylic acid groups (broad SMARTS) is 1. The summed E-state index contributed by atoms with van der Waals surface area (Å²) in [6, 6.07) is 12.6. The highest BCUT2D eigenvalue weighted by Crippen LogP contribution is 2.46. The minimum Gasteiger partial charge on any atom is -0.476 e. The summed E-state index contributed by atoms with van der Waals surface area (Å²) in [5.41, 5.74) is 0.443. The van der Waals surface area contributed by atoms with E-state index in [-0.39, 0.29) is 23.5 Å². The highest BCUT2D eigenvalue weighted by Gasteiger charge is 2.35. The predicted molar refractivity (Wildman–Crippen MR) is 189 cm³/mol. The Morgan fingerprint density at radius 3 is 1.86 bits per heavy atom. The summed E-state index contributed by atoms with van der Waals surface area (Å²) in [6.07, 6.45) is 6.38. The zero-order chi connectivity index (χ0) is 35.6. The Bertz CT molecular complexity index is 1880. The number of hydrogen-bond acceptors (Lipinski definition) is 8. The Hall–Kier alpha value is -4.23. The van der Waals surface area contributed by atoms with E-state index in [4.69, 9.17) is 14.8 Å². The van der Waals surface area contributed by atoms with Crippen molar-refractivity contribution in [3.8, 4) is 20.9 Å². The van der Waals surface area contributed by atoms with Crippen LogP contribution in [-0.2, 0) is 4.74 Å². The Labute approximate surface area is 297 Å². The first-order valence-electron chi connectivity index (χ1n) is 16.9.